The predicted octanol–water partition coefficient (Wildman–Crippen LogP) is 4.75. The topological polar surface area (TPSA) is 31.5 Å². The third-order valence-electron chi connectivity index (χ3n) is 5.06. The predicted molar refractivity (Wildman–Crippen MR) is 121 cm³/mol. The van der Waals surface area contributed by atoms with Gasteiger partial charge in [-0.3, -0.25) is 5.01 Å². The number of pyridine rings is 1. The van der Waals surface area contributed by atoms with Gasteiger partial charge >= 0.3 is 0 Å². The molecule has 4 rings (SSSR count). The van der Waals surface area contributed by atoms with E-state index in [0.29, 0.717) is 0 Å². The van der Waals surface area contributed by atoms with Crippen LogP contribution in [0.4, 0.5) is 11.4 Å². The molecule has 4 aromatic rings. The van der Waals surface area contributed by atoms with Crippen LogP contribution in [0.5, 0.6) is 0 Å². The molecule has 0 atom stereocenters. The summed E-state index contributed by atoms with van der Waals surface area (Å²) in [4.78, 5) is 0. The number of aryl methyl sites for hydroxylation is 1. The van der Waals surface area contributed by atoms with E-state index in [0.717, 1.165) is 23.6 Å². The zero-order valence-electron chi connectivity index (χ0n) is 16.8. The highest BCUT2D eigenvalue weighted by Gasteiger charge is 2.09. The highest BCUT2D eigenvalue weighted by molar-refractivity contribution is 5.81. The molecule has 0 aliphatic rings. The van der Waals surface area contributed by atoms with Crippen LogP contribution in [0.3, 0.4) is 0 Å². The number of benzene rings is 3. The number of rotatable bonds is 6. The van der Waals surface area contributed by atoms with Crippen molar-refractivity contribution in [1.82, 2.24) is 0 Å². The van der Waals surface area contributed by atoms with Crippen molar-refractivity contribution in [2.45, 2.75) is 6.54 Å². The van der Waals surface area contributed by atoms with E-state index in [4.69, 9.17) is 0 Å². The number of hydrogen-bond acceptors (Lipinski definition) is 3. The van der Waals surface area contributed by atoms with Gasteiger partial charge in [0.15, 0.2) is 0 Å². The molecule has 0 spiro atoms. The molecule has 3 aromatic carbocycles. The summed E-state index contributed by atoms with van der Waals surface area (Å²) in [5, 5.41) is 11.2. The molecule has 0 fully saturated rings. The quantitative estimate of drug-likeness (QED) is 0.297. The number of nitrogens with zero attached hydrogens (tertiary/aromatic N) is 3. The van der Waals surface area contributed by atoms with E-state index < -0.39 is 0 Å². The molecule has 1 heterocycles. The zero-order valence-corrected chi connectivity index (χ0v) is 16.8. The maximum Gasteiger partial charge on any atom is 0.225 e. The first-order chi connectivity index (χ1) is 14.2. The molecule has 144 valence electrons. The van der Waals surface area contributed by atoms with Crippen molar-refractivity contribution in [2.75, 3.05) is 17.4 Å². The molecule has 1 aromatic heterocycles. The van der Waals surface area contributed by atoms with Gasteiger partial charge in [-0.25, -0.2) is 0 Å². The number of hydrazone groups is 1. The minimum Gasteiger partial charge on any atom is -0.381 e. The molecule has 0 amide bonds. The van der Waals surface area contributed by atoms with Crippen molar-refractivity contribution in [3.8, 4) is 0 Å². The standard InChI is InChI=1S/C25H25N4/c1-28-24(15-12-21-10-6-7-11-25(21)28)19-27-29(2)23-16-13-22(14-17-23)26-18-20-8-4-3-5-9-20/h3-17,19,26H,18H2,1-2H3/q+1. The fourth-order valence-corrected chi connectivity index (χ4v) is 3.30. The summed E-state index contributed by atoms with van der Waals surface area (Å²) in [5.74, 6) is 0. The number of anilines is 2. The lowest BCUT2D eigenvalue weighted by atomic mass is 10.2. The molecule has 1 N–H and O–H groups in total. The minimum absolute atomic E-state index is 0.812. The van der Waals surface area contributed by atoms with Crippen molar-refractivity contribution in [3.05, 3.63) is 102 Å². The minimum atomic E-state index is 0.812. The van der Waals surface area contributed by atoms with Crippen molar-refractivity contribution >= 4 is 28.5 Å². The van der Waals surface area contributed by atoms with Crippen LogP contribution < -0.4 is 14.9 Å². The molecular formula is C25H25N4+. The van der Waals surface area contributed by atoms with Crippen molar-refractivity contribution in [2.24, 2.45) is 12.1 Å². The summed E-state index contributed by atoms with van der Waals surface area (Å²) >= 11 is 0. The summed E-state index contributed by atoms with van der Waals surface area (Å²) in [7, 11) is 4.03. The van der Waals surface area contributed by atoms with Crippen LogP contribution in [-0.2, 0) is 13.6 Å². The molecular weight excluding hydrogens is 356 g/mol. The van der Waals surface area contributed by atoms with Gasteiger partial charge in [0.25, 0.3) is 0 Å². The molecule has 29 heavy (non-hydrogen) atoms. The molecule has 0 saturated heterocycles. The Morgan fingerprint density at radius 1 is 0.862 bits per heavy atom. The molecule has 0 bridgehead atoms. The lowest BCUT2D eigenvalue weighted by Crippen LogP contribution is -2.34. The second-order valence-electron chi connectivity index (χ2n) is 7.03. The Kier molecular flexibility index (Phi) is 5.52. The van der Waals surface area contributed by atoms with Gasteiger partial charge in [-0.1, -0.05) is 42.5 Å². The molecule has 0 aliphatic carbocycles. The van der Waals surface area contributed by atoms with E-state index >= 15 is 0 Å². The van der Waals surface area contributed by atoms with Crippen LogP contribution in [0, 0.1) is 0 Å². The maximum atomic E-state index is 4.62. The Labute approximate surface area is 171 Å². The molecule has 4 heteroatoms. The zero-order chi connectivity index (χ0) is 20.1. The van der Waals surface area contributed by atoms with E-state index in [9.17, 15) is 0 Å². The first-order valence-electron chi connectivity index (χ1n) is 9.74. The first-order valence-corrected chi connectivity index (χ1v) is 9.74. The number of hydrogen-bond donors (Lipinski definition) is 1. The fourth-order valence-electron chi connectivity index (χ4n) is 3.30. The number of aromatic nitrogens is 1. The Hall–Kier alpha value is -3.66. The lowest BCUT2D eigenvalue weighted by molar-refractivity contribution is -0.645. The monoisotopic (exact) mass is 381 g/mol. The van der Waals surface area contributed by atoms with E-state index in [2.05, 4.69) is 107 Å². The van der Waals surface area contributed by atoms with Crippen LogP contribution in [0.1, 0.15) is 11.3 Å². The second kappa shape index (κ2) is 8.57. The smallest absolute Gasteiger partial charge is 0.225 e. The van der Waals surface area contributed by atoms with Crippen LogP contribution >= 0.6 is 0 Å². The Morgan fingerprint density at radius 3 is 2.38 bits per heavy atom. The van der Waals surface area contributed by atoms with Crippen LogP contribution in [0.15, 0.2) is 96.1 Å². The molecule has 0 unspecified atom stereocenters. The Bertz CT molecular complexity index is 1120. The summed E-state index contributed by atoms with van der Waals surface area (Å²) < 4.78 is 2.16. The first kappa shape index (κ1) is 18.7. The summed E-state index contributed by atoms with van der Waals surface area (Å²) in [5.41, 5.74) is 5.64. The largest absolute Gasteiger partial charge is 0.381 e. The van der Waals surface area contributed by atoms with Gasteiger partial charge in [-0.15, -0.1) is 0 Å². The Morgan fingerprint density at radius 2 is 1.59 bits per heavy atom. The molecule has 0 saturated carbocycles. The van der Waals surface area contributed by atoms with E-state index in [-0.39, 0.29) is 0 Å². The summed E-state index contributed by atoms with van der Waals surface area (Å²) in [6.07, 6.45) is 1.90. The van der Waals surface area contributed by atoms with Crippen LogP contribution in [0.2, 0.25) is 0 Å². The summed E-state index contributed by atoms with van der Waals surface area (Å²) in [6.45, 7) is 0.812. The van der Waals surface area contributed by atoms with Gasteiger partial charge in [0.05, 0.1) is 5.69 Å². The van der Waals surface area contributed by atoms with Crippen molar-refractivity contribution in [1.29, 1.82) is 0 Å². The fraction of sp³-hybridized carbons (Fsp3) is 0.120. The highest BCUT2D eigenvalue weighted by atomic mass is 15.4. The lowest BCUT2D eigenvalue weighted by Gasteiger charge is -2.14. The van der Waals surface area contributed by atoms with Gasteiger partial charge in [0.2, 0.25) is 11.2 Å². The van der Waals surface area contributed by atoms with Gasteiger partial charge in [-0.05, 0) is 42.0 Å². The summed E-state index contributed by atoms with van der Waals surface area (Å²) in [6, 6.07) is 31.3. The van der Waals surface area contributed by atoms with Gasteiger partial charge in [0.1, 0.15) is 13.3 Å². The van der Waals surface area contributed by atoms with Gasteiger partial charge < -0.3 is 5.32 Å². The van der Waals surface area contributed by atoms with E-state index in [1.807, 2.05) is 24.3 Å². The molecule has 4 nitrogen and oxygen atoms in total. The normalized spacial score (nSPS) is 11.1. The van der Waals surface area contributed by atoms with Crippen molar-refractivity contribution < 1.29 is 4.57 Å². The number of para-hydroxylation sites is 1. The number of fused-ring (bicyclic) bond motifs is 1. The highest BCUT2D eigenvalue weighted by Crippen LogP contribution is 2.18. The Balaban J connectivity index is 1.43. The maximum absolute atomic E-state index is 4.62. The average molecular weight is 382 g/mol. The van der Waals surface area contributed by atoms with Gasteiger partial charge in [-0.2, -0.15) is 9.67 Å². The average Bonchev–Trinajstić information content (AvgIpc) is 2.78. The molecule has 0 radical (unpaired) electrons. The number of nitrogens with one attached hydrogen (secondary N) is 1. The van der Waals surface area contributed by atoms with E-state index in [1.54, 1.807) is 0 Å². The molecule has 0 aliphatic heterocycles. The second-order valence-corrected chi connectivity index (χ2v) is 7.03. The SMILES string of the molecule is CN(/N=C/c1ccc2ccccc2[n+]1C)c1ccc(NCc2ccccc2)cc1. The third-order valence-corrected chi connectivity index (χ3v) is 5.06. The van der Waals surface area contributed by atoms with Crippen LogP contribution in [0.25, 0.3) is 10.9 Å². The van der Waals surface area contributed by atoms with E-state index in [1.165, 1.54) is 16.5 Å². The van der Waals surface area contributed by atoms with Crippen molar-refractivity contribution in [3.63, 3.8) is 0 Å². The third kappa shape index (κ3) is 4.43. The van der Waals surface area contributed by atoms with Gasteiger partial charge in [0, 0.05) is 36.8 Å². The van der Waals surface area contributed by atoms with Crippen LogP contribution in [-0.4, -0.2) is 13.3 Å².